The molecule has 2 N–H and O–H groups in total. The van der Waals surface area contributed by atoms with Crippen LogP contribution in [-0.4, -0.2) is 13.1 Å². The summed E-state index contributed by atoms with van der Waals surface area (Å²) in [6, 6.07) is 6.17. The van der Waals surface area contributed by atoms with E-state index in [4.69, 9.17) is 5.73 Å². The SMILES string of the molecule is Cc1cc(N)ccc1N1CCC=CCC1. The van der Waals surface area contributed by atoms with Crippen molar-refractivity contribution in [3.05, 3.63) is 35.9 Å². The van der Waals surface area contributed by atoms with Crippen LogP contribution < -0.4 is 10.6 Å². The smallest absolute Gasteiger partial charge is 0.0397 e. The summed E-state index contributed by atoms with van der Waals surface area (Å²) in [6.45, 7) is 4.35. The Kier molecular flexibility index (Phi) is 2.95. The molecule has 0 amide bonds. The zero-order valence-electron chi connectivity index (χ0n) is 9.24. The Hall–Kier alpha value is -1.44. The maximum Gasteiger partial charge on any atom is 0.0397 e. The number of hydrogen-bond acceptors (Lipinski definition) is 2. The zero-order chi connectivity index (χ0) is 10.7. The molecule has 2 heteroatoms. The van der Waals surface area contributed by atoms with Gasteiger partial charge in [0.15, 0.2) is 0 Å². The Labute approximate surface area is 91.4 Å². The van der Waals surface area contributed by atoms with Gasteiger partial charge < -0.3 is 10.6 Å². The highest BCUT2D eigenvalue weighted by molar-refractivity contribution is 5.59. The molecule has 2 nitrogen and oxygen atoms in total. The van der Waals surface area contributed by atoms with E-state index in [1.54, 1.807) is 0 Å². The molecule has 1 aliphatic heterocycles. The Morgan fingerprint density at radius 3 is 2.40 bits per heavy atom. The molecule has 0 atom stereocenters. The van der Waals surface area contributed by atoms with Crippen LogP contribution in [-0.2, 0) is 0 Å². The fourth-order valence-corrected chi connectivity index (χ4v) is 2.08. The number of nitrogens with zero attached hydrogens (tertiary/aromatic N) is 1. The molecule has 1 aromatic carbocycles. The maximum atomic E-state index is 5.76. The quantitative estimate of drug-likeness (QED) is 0.560. The van der Waals surface area contributed by atoms with Crippen LogP contribution in [0.4, 0.5) is 11.4 Å². The summed E-state index contributed by atoms with van der Waals surface area (Å²) in [5.41, 5.74) is 9.21. The molecule has 0 aliphatic carbocycles. The number of benzene rings is 1. The molecule has 1 heterocycles. The lowest BCUT2D eigenvalue weighted by Crippen LogP contribution is -2.24. The third-order valence-corrected chi connectivity index (χ3v) is 2.86. The third kappa shape index (κ3) is 2.32. The third-order valence-electron chi connectivity index (χ3n) is 2.86. The Morgan fingerprint density at radius 1 is 1.13 bits per heavy atom. The van der Waals surface area contributed by atoms with Crippen LogP contribution in [0, 0.1) is 6.92 Å². The van der Waals surface area contributed by atoms with Crippen LogP contribution in [0.15, 0.2) is 30.4 Å². The molecule has 0 spiro atoms. The summed E-state index contributed by atoms with van der Waals surface area (Å²) in [4.78, 5) is 2.44. The van der Waals surface area contributed by atoms with Gasteiger partial charge in [-0.3, -0.25) is 0 Å². The first-order valence-electron chi connectivity index (χ1n) is 5.53. The van der Waals surface area contributed by atoms with Crippen LogP contribution in [0.25, 0.3) is 0 Å². The van der Waals surface area contributed by atoms with Gasteiger partial charge in [0, 0.05) is 24.5 Å². The van der Waals surface area contributed by atoms with Crippen LogP contribution in [0.3, 0.4) is 0 Å². The van der Waals surface area contributed by atoms with Gasteiger partial charge in [-0.05, 0) is 43.5 Å². The van der Waals surface area contributed by atoms with E-state index in [0.717, 1.165) is 31.6 Å². The van der Waals surface area contributed by atoms with E-state index in [-0.39, 0.29) is 0 Å². The Bertz CT molecular complexity index is 359. The fourth-order valence-electron chi connectivity index (χ4n) is 2.08. The fraction of sp³-hybridized carbons (Fsp3) is 0.385. The summed E-state index contributed by atoms with van der Waals surface area (Å²) in [5, 5.41) is 0. The van der Waals surface area contributed by atoms with Gasteiger partial charge in [0.2, 0.25) is 0 Å². The highest BCUT2D eigenvalue weighted by atomic mass is 15.1. The van der Waals surface area contributed by atoms with Gasteiger partial charge in [0.1, 0.15) is 0 Å². The van der Waals surface area contributed by atoms with Gasteiger partial charge in [-0.25, -0.2) is 0 Å². The molecule has 0 fully saturated rings. The normalized spacial score (nSPS) is 16.5. The minimum Gasteiger partial charge on any atom is -0.399 e. The van der Waals surface area contributed by atoms with Crippen molar-refractivity contribution in [1.29, 1.82) is 0 Å². The molecular formula is C13H18N2. The van der Waals surface area contributed by atoms with E-state index in [0.29, 0.717) is 0 Å². The highest BCUT2D eigenvalue weighted by Gasteiger charge is 2.09. The highest BCUT2D eigenvalue weighted by Crippen LogP contribution is 2.23. The van der Waals surface area contributed by atoms with Gasteiger partial charge in [-0.2, -0.15) is 0 Å². The summed E-state index contributed by atoms with van der Waals surface area (Å²) in [7, 11) is 0. The molecule has 0 aromatic heterocycles. The first-order chi connectivity index (χ1) is 7.27. The van der Waals surface area contributed by atoms with Crippen molar-refractivity contribution in [2.24, 2.45) is 0 Å². The summed E-state index contributed by atoms with van der Waals surface area (Å²) < 4.78 is 0. The van der Waals surface area contributed by atoms with E-state index in [2.05, 4.69) is 30.0 Å². The lowest BCUT2D eigenvalue weighted by molar-refractivity contribution is 0.809. The average Bonchev–Trinajstić information content (AvgIpc) is 2.46. The monoisotopic (exact) mass is 202 g/mol. The van der Waals surface area contributed by atoms with Crippen LogP contribution in [0.5, 0.6) is 0 Å². The lowest BCUT2D eigenvalue weighted by atomic mass is 10.1. The van der Waals surface area contributed by atoms with E-state index in [9.17, 15) is 0 Å². The molecule has 1 aromatic rings. The maximum absolute atomic E-state index is 5.76. The minimum atomic E-state index is 0.851. The van der Waals surface area contributed by atoms with Gasteiger partial charge in [-0.15, -0.1) is 0 Å². The lowest BCUT2D eigenvalue weighted by Gasteiger charge is -2.24. The van der Waals surface area contributed by atoms with Crippen molar-refractivity contribution in [2.45, 2.75) is 19.8 Å². The molecule has 0 unspecified atom stereocenters. The molecular weight excluding hydrogens is 184 g/mol. The minimum absolute atomic E-state index is 0.851. The summed E-state index contributed by atoms with van der Waals surface area (Å²) in [6.07, 6.45) is 6.83. The number of nitrogen functional groups attached to an aromatic ring is 1. The predicted octanol–water partition coefficient (Wildman–Crippen LogP) is 2.73. The van der Waals surface area contributed by atoms with Crippen LogP contribution in [0.1, 0.15) is 18.4 Å². The molecule has 0 bridgehead atoms. The van der Waals surface area contributed by atoms with E-state index in [1.165, 1.54) is 11.3 Å². The van der Waals surface area contributed by atoms with Gasteiger partial charge >= 0.3 is 0 Å². The van der Waals surface area contributed by atoms with Gasteiger partial charge in [0.05, 0.1) is 0 Å². The van der Waals surface area contributed by atoms with Crippen molar-refractivity contribution in [3.63, 3.8) is 0 Å². The first kappa shape index (κ1) is 10.1. The van der Waals surface area contributed by atoms with Crippen molar-refractivity contribution in [3.8, 4) is 0 Å². The number of anilines is 2. The van der Waals surface area contributed by atoms with Crippen molar-refractivity contribution >= 4 is 11.4 Å². The molecule has 15 heavy (non-hydrogen) atoms. The van der Waals surface area contributed by atoms with Crippen molar-refractivity contribution in [1.82, 2.24) is 0 Å². The second-order valence-corrected chi connectivity index (χ2v) is 4.08. The van der Waals surface area contributed by atoms with Crippen molar-refractivity contribution < 1.29 is 0 Å². The summed E-state index contributed by atoms with van der Waals surface area (Å²) in [5.74, 6) is 0. The topological polar surface area (TPSA) is 29.3 Å². The molecule has 0 saturated heterocycles. The molecule has 2 rings (SSSR count). The standard InChI is InChI=1S/C13H18N2/c1-11-10-12(14)6-7-13(11)15-8-4-2-3-5-9-15/h2-3,6-7,10H,4-5,8-9,14H2,1H3. The van der Waals surface area contributed by atoms with Crippen molar-refractivity contribution in [2.75, 3.05) is 23.7 Å². The molecule has 1 aliphatic rings. The second kappa shape index (κ2) is 4.39. The number of hydrogen-bond donors (Lipinski definition) is 1. The average molecular weight is 202 g/mol. The molecule has 0 saturated carbocycles. The van der Waals surface area contributed by atoms with Crippen LogP contribution in [0.2, 0.25) is 0 Å². The summed E-state index contributed by atoms with van der Waals surface area (Å²) >= 11 is 0. The van der Waals surface area contributed by atoms with E-state index in [1.807, 2.05) is 12.1 Å². The molecule has 0 radical (unpaired) electrons. The predicted molar refractivity (Wildman–Crippen MR) is 66.2 cm³/mol. The molecule has 80 valence electrons. The largest absolute Gasteiger partial charge is 0.399 e. The first-order valence-corrected chi connectivity index (χ1v) is 5.53. The Morgan fingerprint density at radius 2 is 1.80 bits per heavy atom. The number of nitrogens with two attached hydrogens (primary N) is 1. The van der Waals surface area contributed by atoms with Gasteiger partial charge in [-0.1, -0.05) is 12.2 Å². The van der Waals surface area contributed by atoms with Gasteiger partial charge in [0.25, 0.3) is 0 Å². The van der Waals surface area contributed by atoms with E-state index < -0.39 is 0 Å². The van der Waals surface area contributed by atoms with E-state index >= 15 is 0 Å². The van der Waals surface area contributed by atoms with Crippen LogP contribution >= 0.6 is 0 Å². The number of rotatable bonds is 1. The number of aryl methyl sites for hydroxylation is 1. The Balaban J connectivity index is 2.21. The zero-order valence-corrected chi connectivity index (χ0v) is 9.24. The second-order valence-electron chi connectivity index (χ2n) is 4.08.